The first kappa shape index (κ1) is 21.1. The summed E-state index contributed by atoms with van der Waals surface area (Å²) in [5.74, 6) is -0.210. The second-order valence-corrected chi connectivity index (χ2v) is 8.79. The van der Waals surface area contributed by atoms with Gasteiger partial charge in [0, 0.05) is 23.0 Å². The van der Waals surface area contributed by atoms with Crippen molar-refractivity contribution in [2.45, 2.75) is 44.8 Å². The highest BCUT2D eigenvalue weighted by Crippen LogP contribution is 2.31. The van der Waals surface area contributed by atoms with Crippen molar-refractivity contribution in [1.82, 2.24) is 4.57 Å². The van der Waals surface area contributed by atoms with Gasteiger partial charge < -0.3 is 20.1 Å². The van der Waals surface area contributed by atoms with Gasteiger partial charge in [-0.2, -0.15) is 0 Å². The molecule has 0 amide bonds. The summed E-state index contributed by atoms with van der Waals surface area (Å²) in [5, 5.41) is 20.6. The van der Waals surface area contributed by atoms with Gasteiger partial charge in [0.1, 0.15) is 17.3 Å². The lowest BCUT2D eigenvalue weighted by Crippen LogP contribution is -2.19. The quantitative estimate of drug-likeness (QED) is 0.270. The Hall–Kier alpha value is -3.80. The largest absolute Gasteiger partial charge is 0.490 e. The number of fused-ring (bicyclic) bond motifs is 2. The van der Waals surface area contributed by atoms with E-state index in [0.717, 1.165) is 45.8 Å². The van der Waals surface area contributed by atoms with Gasteiger partial charge in [0.05, 0.1) is 6.10 Å². The molecule has 0 radical (unpaired) electrons. The fourth-order valence-corrected chi connectivity index (χ4v) is 4.87. The zero-order valence-corrected chi connectivity index (χ0v) is 18.4. The molecule has 0 spiro atoms. The molecular formula is C27H27N3O3. The van der Waals surface area contributed by atoms with Crippen molar-refractivity contribution in [3.63, 3.8) is 0 Å². The van der Waals surface area contributed by atoms with Crippen molar-refractivity contribution in [2.75, 3.05) is 0 Å². The summed E-state index contributed by atoms with van der Waals surface area (Å²) in [6, 6.07) is 19.3. The summed E-state index contributed by atoms with van der Waals surface area (Å²) in [5.41, 5.74) is 8.20. The number of carbonyl (C=O) groups is 1. The highest BCUT2D eigenvalue weighted by Gasteiger charge is 2.19. The number of rotatable bonds is 6. The molecular weight excluding hydrogens is 414 g/mol. The number of benzene rings is 3. The minimum atomic E-state index is -0.991. The highest BCUT2D eigenvalue weighted by atomic mass is 16.5. The minimum Gasteiger partial charge on any atom is -0.490 e. The van der Waals surface area contributed by atoms with Crippen LogP contribution in [0.15, 0.2) is 60.7 Å². The fourth-order valence-electron chi connectivity index (χ4n) is 4.87. The van der Waals surface area contributed by atoms with E-state index < -0.39 is 5.97 Å². The molecule has 0 saturated heterocycles. The Morgan fingerprint density at radius 1 is 1.03 bits per heavy atom. The summed E-state index contributed by atoms with van der Waals surface area (Å²) < 4.78 is 8.16. The second-order valence-electron chi connectivity index (χ2n) is 8.79. The molecule has 4 aromatic rings. The number of nitrogen functional groups attached to an aromatic ring is 1. The van der Waals surface area contributed by atoms with Crippen molar-refractivity contribution in [3.8, 4) is 5.75 Å². The van der Waals surface area contributed by atoms with Gasteiger partial charge in [-0.15, -0.1) is 0 Å². The number of hydrogen-bond acceptors (Lipinski definition) is 3. The van der Waals surface area contributed by atoms with Crippen LogP contribution in [0.2, 0.25) is 0 Å². The Bertz CT molecular complexity index is 1370. The monoisotopic (exact) mass is 441 g/mol. The zero-order chi connectivity index (χ0) is 22.9. The van der Waals surface area contributed by atoms with Gasteiger partial charge in [-0.05, 0) is 66.3 Å². The van der Waals surface area contributed by atoms with Crippen molar-refractivity contribution in [3.05, 3.63) is 77.5 Å². The van der Waals surface area contributed by atoms with Gasteiger partial charge in [-0.25, -0.2) is 4.79 Å². The van der Waals surface area contributed by atoms with Gasteiger partial charge in [-0.3, -0.25) is 5.41 Å². The maximum Gasteiger partial charge on any atom is 0.352 e. The lowest BCUT2D eigenvalue weighted by Gasteiger charge is -2.24. The van der Waals surface area contributed by atoms with Gasteiger partial charge in [0.25, 0.3) is 0 Å². The first-order chi connectivity index (χ1) is 16.0. The molecule has 1 aromatic heterocycles. The number of carboxylic acid groups (broad SMARTS) is 1. The number of aromatic nitrogens is 1. The van der Waals surface area contributed by atoms with E-state index in [1.165, 1.54) is 19.3 Å². The molecule has 0 aliphatic heterocycles. The molecule has 168 valence electrons. The predicted molar refractivity (Wildman–Crippen MR) is 130 cm³/mol. The summed E-state index contributed by atoms with van der Waals surface area (Å²) in [6.45, 7) is 0.370. The molecule has 33 heavy (non-hydrogen) atoms. The molecule has 1 aliphatic carbocycles. The fraction of sp³-hybridized carbons (Fsp3) is 0.259. The number of aromatic carboxylic acids is 1. The van der Waals surface area contributed by atoms with Gasteiger partial charge >= 0.3 is 5.97 Å². The van der Waals surface area contributed by atoms with Crippen LogP contribution in [-0.4, -0.2) is 27.6 Å². The molecule has 0 atom stereocenters. The Balaban J connectivity index is 1.62. The first-order valence-electron chi connectivity index (χ1n) is 11.4. The van der Waals surface area contributed by atoms with E-state index >= 15 is 0 Å². The Labute approximate surface area is 192 Å². The Morgan fingerprint density at radius 2 is 1.82 bits per heavy atom. The first-order valence-corrected chi connectivity index (χ1v) is 11.4. The molecule has 5 rings (SSSR count). The van der Waals surface area contributed by atoms with Crippen LogP contribution in [0.1, 0.15) is 53.7 Å². The summed E-state index contributed by atoms with van der Waals surface area (Å²) in [6.07, 6.45) is 6.03. The molecule has 1 aliphatic rings. The van der Waals surface area contributed by atoms with E-state index in [1.807, 2.05) is 24.3 Å². The smallest absolute Gasteiger partial charge is 0.352 e. The Morgan fingerprint density at radius 3 is 2.58 bits per heavy atom. The molecule has 6 heteroatoms. The lowest BCUT2D eigenvalue weighted by atomic mass is 9.97. The third-order valence-electron chi connectivity index (χ3n) is 6.54. The third kappa shape index (κ3) is 4.16. The SMILES string of the molecule is N=C(N)c1ccc2cc(C(=O)O)n(Cc3cc(OC4CCCCC4)cc4ccccc34)c2c1. The number of nitrogens with two attached hydrogens (primary N) is 1. The van der Waals surface area contributed by atoms with Crippen LogP contribution in [0.4, 0.5) is 0 Å². The standard InChI is InChI=1S/C27H27N3O3/c28-26(29)19-11-10-18-14-25(27(31)32)30(24(18)15-19)16-20-13-22(33-21-7-2-1-3-8-21)12-17-6-4-5-9-23(17)20/h4-6,9-15,21H,1-3,7-8,16H2,(H3,28,29)(H,31,32). The van der Waals surface area contributed by atoms with Crippen LogP contribution in [0.5, 0.6) is 5.75 Å². The summed E-state index contributed by atoms with van der Waals surface area (Å²) in [7, 11) is 0. The van der Waals surface area contributed by atoms with Gasteiger partial charge in [0.15, 0.2) is 0 Å². The van der Waals surface area contributed by atoms with Crippen LogP contribution in [0.3, 0.4) is 0 Å². The van der Waals surface area contributed by atoms with Crippen molar-refractivity contribution in [1.29, 1.82) is 5.41 Å². The number of nitrogens with one attached hydrogen (secondary N) is 1. The summed E-state index contributed by atoms with van der Waals surface area (Å²) in [4.78, 5) is 12.1. The van der Waals surface area contributed by atoms with E-state index in [-0.39, 0.29) is 17.6 Å². The van der Waals surface area contributed by atoms with Crippen molar-refractivity contribution >= 4 is 33.5 Å². The molecule has 1 saturated carbocycles. The van der Waals surface area contributed by atoms with Gasteiger partial charge in [-0.1, -0.05) is 42.8 Å². The van der Waals surface area contributed by atoms with Crippen LogP contribution in [-0.2, 0) is 6.54 Å². The van der Waals surface area contributed by atoms with Crippen LogP contribution in [0, 0.1) is 5.41 Å². The molecule has 0 unspecified atom stereocenters. The molecule has 1 fully saturated rings. The lowest BCUT2D eigenvalue weighted by molar-refractivity contribution is 0.0686. The van der Waals surface area contributed by atoms with Crippen LogP contribution < -0.4 is 10.5 Å². The molecule has 0 bridgehead atoms. The molecule has 1 heterocycles. The van der Waals surface area contributed by atoms with Crippen molar-refractivity contribution in [2.24, 2.45) is 5.73 Å². The van der Waals surface area contributed by atoms with Crippen LogP contribution >= 0.6 is 0 Å². The van der Waals surface area contributed by atoms with E-state index in [1.54, 1.807) is 22.8 Å². The zero-order valence-electron chi connectivity index (χ0n) is 18.4. The Kier molecular flexibility index (Phi) is 5.50. The van der Waals surface area contributed by atoms with Crippen LogP contribution in [0.25, 0.3) is 21.7 Å². The maximum atomic E-state index is 12.1. The third-order valence-corrected chi connectivity index (χ3v) is 6.54. The predicted octanol–water partition coefficient (Wildman–Crippen LogP) is 5.54. The maximum absolute atomic E-state index is 12.1. The number of ether oxygens (including phenoxy) is 1. The normalized spacial score (nSPS) is 14.5. The number of amidine groups is 1. The van der Waals surface area contributed by atoms with E-state index in [2.05, 4.69) is 18.2 Å². The topological polar surface area (TPSA) is 101 Å². The molecule has 3 aromatic carbocycles. The number of carboxylic acids is 1. The summed E-state index contributed by atoms with van der Waals surface area (Å²) >= 11 is 0. The average Bonchev–Trinajstić information content (AvgIpc) is 3.18. The van der Waals surface area contributed by atoms with E-state index in [0.29, 0.717) is 12.1 Å². The molecule has 6 nitrogen and oxygen atoms in total. The van der Waals surface area contributed by atoms with E-state index in [4.69, 9.17) is 15.9 Å². The highest BCUT2D eigenvalue weighted by molar-refractivity contribution is 6.01. The van der Waals surface area contributed by atoms with Gasteiger partial charge in [0.2, 0.25) is 0 Å². The number of nitrogens with zero attached hydrogens (tertiary/aromatic N) is 1. The minimum absolute atomic E-state index is 0.0464. The average molecular weight is 442 g/mol. The second kappa shape index (κ2) is 8.62. The van der Waals surface area contributed by atoms with E-state index in [9.17, 15) is 9.90 Å². The number of hydrogen-bond donors (Lipinski definition) is 3. The molecule has 4 N–H and O–H groups in total. The van der Waals surface area contributed by atoms with Crippen molar-refractivity contribution < 1.29 is 14.6 Å².